The van der Waals surface area contributed by atoms with Gasteiger partial charge >= 0.3 is 6.18 Å². The summed E-state index contributed by atoms with van der Waals surface area (Å²) in [6.07, 6.45) is -0.351. The second-order valence-corrected chi connectivity index (χ2v) is 3.13. The van der Waals surface area contributed by atoms with Crippen molar-refractivity contribution in [3.63, 3.8) is 0 Å². The van der Waals surface area contributed by atoms with Crippen LogP contribution in [0.4, 0.5) is 13.2 Å². The van der Waals surface area contributed by atoms with Crippen LogP contribution in [0.15, 0.2) is 18.6 Å². The second kappa shape index (κ2) is 3.22. The minimum atomic E-state index is -4.36. The Morgan fingerprint density at radius 3 is 2.67 bits per heavy atom. The third kappa shape index (κ3) is 1.79. The van der Waals surface area contributed by atoms with Crippen LogP contribution in [-0.4, -0.2) is 14.4 Å². The van der Waals surface area contributed by atoms with Crippen molar-refractivity contribution in [2.45, 2.75) is 19.5 Å². The van der Waals surface area contributed by atoms with Crippen LogP contribution in [0.1, 0.15) is 18.2 Å². The molecular weight excluding hydrogens is 207 g/mol. The number of rotatable bonds is 1. The molecule has 0 aromatic carbocycles. The third-order valence-electron chi connectivity index (χ3n) is 2.05. The minimum Gasteiger partial charge on any atom is -0.290 e. The number of hydrogen-bond donors (Lipinski definition) is 0. The Balaban J connectivity index is 2.55. The zero-order valence-electron chi connectivity index (χ0n) is 7.91. The molecule has 0 N–H and O–H groups in total. The molecule has 0 aliphatic heterocycles. The normalized spacial score (nSPS) is 12.3. The van der Waals surface area contributed by atoms with E-state index in [2.05, 4.69) is 9.97 Å². The Labute approximate surface area is 83.6 Å². The molecule has 0 saturated carbocycles. The van der Waals surface area contributed by atoms with Gasteiger partial charge in [-0.15, -0.1) is 0 Å². The van der Waals surface area contributed by atoms with E-state index in [1.807, 2.05) is 6.92 Å². The topological polar surface area (TPSA) is 30.2 Å². The van der Waals surface area contributed by atoms with Gasteiger partial charge in [-0.1, -0.05) is 6.92 Å². The largest absolute Gasteiger partial charge is 0.419 e. The van der Waals surface area contributed by atoms with E-state index in [1.165, 1.54) is 4.40 Å². The Morgan fingerprint density at radius 1 is 1.33 bits per heavy atom. The van der Waals surface area contributed by atoms with E-state index in [4.69, 9.17) is 0 Å². The lowest BCUT2D eigenvalue weighted by atomic mass is 10.3. The molecule has 0 saturated heterocycles. The number of nitrogens with zero attached hydrogens (tertiary/aromatic N) is 3. The molecule has 3 nitrogen and oxygen atoms in total. The highest BCUT2D eigenvalue weighted by Gasteiger charge is 2.31. The Hall–Kier alpha value is -1.59. The monoisotopic (exact) mass is 215 g/mol. The van der Waals surface area contributed by atoms with Crippen molar-refractivity contribution in [3.05, 3.63) is 29.8 Å². The molecule has 0 aliphatic carbocycles. The van der Waals surface area contributed by atoms with E-state index >= 15 is 0 Å². The van der Waals surface area contributed by atoms with Crippen molar-refractivity contribution in [2.24, 2.45) is 0 Å². The summed E-state index contributed by atoms with van der Waals surface area (Å²) in [5, 5.41) is 0. The molecule has 0 radical (unpaired) electrons. The molecule has 0 bridgehead atoms. The highest BCUT2D eigenvalue weighted by molar-refractivity contribution is 5.32. The second-order valence-electron chi connectivity index (χ2n) is 3.13. The molecule has 0 unspecified atom stereocenters. The van der Waals surface area contributed by atoms with Crippen molar-refractivity contribution < 1.29 is 13.2 Å². The molecule has 0 atom stereocenters. The number of aryl methyl sites for hydroxylation is 1. The summed E-state index contributed by atoms with van der Waals surface area (Å²) in [5.74, 6) is 0.292. The van der Waals surface area contributed by atoms with Crippen LogP contribution in [0.2, 0.25) is 0 Å². The number of alkyl halides is 3. The van der Waals surface area contributed by atoms with E-state index in [0.717, 1.165) is 18.1 Å². The van der Waals surface area contributed by atoms with E-state index < -0.39 is 11.7 Å². The van der Waals surface area contributed by atoms with Gasteiger partial charge in [0.05, 0.1) is 11.3 Å². The zero-order valence-corrected chi connectivity index (χ0v) is 7.91. The van der Waals surface area contributed by atoms with Crippen molar-refractivity contribution in [1.29, 1.82) is 0 Å². The van der Waals surface area contributed by atoms with Crippen LogP contribution in [0.5, 0.6) is 0 Å². The predicted octanol–water partition coefficient (Wildman–Crippen LogP) is 2.31. The number of fused-ring (bicyclic) bond motifs is 1. The van der Waals surface area contributed by atoms with Crippen LogP contribution in [0.25, 0.3) is 5.78 Å². The summed E-state index contributed by atoms with van der Waals surface area (Å²) in [6.45, 7) is 1.88. The van der Waals surface area contributed by atoms with E-state index in [1.54, 1.807) is 6.20 Å². The first kappa shape index (κ1) is 9.95. The number of halogens is 3. The van der Waals surface area contributed by atoms with Gasteiger partial charge in [-0.25, -0.2) is 9.97 Å². The van der Waals surface area contributed by atoms with Crippen molar-refractivity contribution in [3.8, 4) is 0 Å². The first-order chi connectivity index (χ1) is 7.00. The third-order valence-corrected chi connectivity index (χ3v) is 2.05. The molecule has 15 heavy (non-hydrogen) atoms. The quantitative estimate of drug-likeness (QED) is 0.730. The Bertz CT molecular complexity index is 487. The summed E-state index contributed by atoms with van der Waals surface area (Å²) >= 11 is 0. The van der Waals surface area contributed by atoms with Crippen LogP contribution >= 0.6 is 0 Å². The fraction of sp³-hybridized carbons (Fsp3) is 0.333. The average molecular weight is 215 g/mol. The van der Waals surface area contributed by atoms with Gasteiger partial charge in [0.25, 0.3) is 0 Å². The van der Waals surface area contributed by atoms with Gasteiger partial charge in [0, 0.05) is 18.6 Å². The lowest BCUT2D eigenvalue weighted by molar-refractivity contribution is -0.138. The summed E-state index contributed by atoms with van der Waals surface area (Å²) in [4.78, 5) is 7.69. The maximum Gasteiger partial charge on any atom is 0.419 e. The molecule has 2 rings (SSSR count). The molecular formula is C9H8F3N3. The van der Waals surface area contributed by atoms with Gasteiger partial charge in [0.15, 0.2) is 0 Å². The Kier molecular flexibility index (Phi) is 2.13. The fourth-order valence-electron chi connectivity index (χ4n) is 1.25. The van der Waals surface area contributed by atoms with Gasteiger partial charge in [-0.05, 0) is 6.42 Å². The molecule has 80 valence electrons. The average Bonchev–Trinajstić information content (AvgIpc) is 2.57. The molecule has 2 heterocycles. The molecule has 0 fully saturated rings. The van der Waals surface area contributed by atoms with Crippen LogP contribution < -0.4 is 0 Å². The molecule has 0 spiro atoms. The highest BCUT2D eigenvalue weighted by atomic mass is 19.4. The first-order valence-corrected chi connectivity index (χ1v) is 4.41. The summed E-state index contributed by atoms with van der Waals surface area (Å²) < 4.78 is 38.3. The SMILES string of the molecule is CCc1cn2cc(C(F)(F)F)cnc2n1. The van der Waals surface area contributed by atoms with E-state index in [0.29, 0.717) is 12.2 Å². The van der Waals surface area contributed by atoms with Crippen LogP contribution in [-0.2, 0) is 12.6 Å². The minimum absolute atomic E-state index is 0.292. The molecule has 2 aromatic rings. The van der Waals surface area contributed by atoms with Crippen molar-refractivity contribution >= 4 is 5.78 Å². The molecule has 0 amide bonds. The van der Waals surface area contributed by atoms with Gasteiger partial charge in [0.2, 0.25) is 5.78 Å². The van der Waals surface area contributed by atoms with Gasteiger partial charge in [-0.3, -0.25) is 4.40 Å². The molecule has 6 heteroatoms. The summed E-state index contributed by atoms with van der Waals surface area (Å²) in [7, 11) is 0. The Morgan fingerprint density at radius 2 is 2.07 bits per heavy atom. The van der Waals surface area contributed by atoms with Crippen LogP contribution in [0, 0.1) is 0 Å². The van der Waals surface area contributed by atoms with Crippen molar-refractivity contribution in [2.75, 3.05) is 0 Å². The van der Waals surface area contributed by atoms with Gasteiger partial charge < -0.3 is 0 Å². The van der Waals surface area contributed by atoms with Crippen molar-refractivity contribution in [1.82, 2.24) is 14.4 Å². The molecule has 0 aliphatic rings. The predicted molar refractivity (Wildman–Crippen MR) is 47.4 cm³/mol. The van der Waals surface area contributed by atoms with E-state index in [-0.39, 0.29) is 0 Å². The highest BCUT2D eigenvalue weighted by Crippen LogP contribution is 2.28. The van der Waals surface area contributed by atoms with Crippen LogP contribution in [0.3, 0.4) is 0 Å². The first-order valence-electron chi connectivity index (χ1n) is 4.41. The fourth-order valence-corrected chi connectivity index (χ4v) is 1.25. The number of aromatic nitrogens is 3. The number of hydrogen-bond acceptors (Lipinski definition) is 2. The standard InChI is InChI=1S/C9H8F3N3/c1-2-7-5-15-4-6(9(10,11)12)3-13-8(15)14-7/h3-5H,2H2,1H3. The maximum atomic E-state index is 12.3. The lowest BCUT2D eigenvalue weighted by Crippen LogP contribution is -2.07. The molecule has 2 aromatic heterocycles. The van der Waals surface area contributed by atoms with E-state index in [9.17, 15) is 13.2 Å². The van der Waals surface area contributed by atoms with Gasteiger partial charge in [0.1, 0.15) is 0 Å². The van der Waals surface area contributed by atoms with Gasteiger partial charge in [-0.2, -0.15) is 13.2 Å². The smallest absolute Gasteiger partial charge is 0.290 e. The maximum absolute atomic E-state index is 12.3. The lowest BCUT2D eigenvalue weighted by Gasteiger charge is -2.05. The summed E-state index contributed by atoms with van der Waals surface area (Å²) in [6, 6.07) is 0. The zero-order chi connectivity index (χ0) is 11.1. The number of imidazole rings is 1. The summed E-state index contributed by atoms with van der Waals surface area (Å²) in [5.41, 5.74) is -0.0446.